The van der Waals surface area contributed by atoms with E-state index in [0.29, 0.717) is 31.1 Å². The van der Waals surface area contributed by atoms with Crippen molar-refractivity contribution in [1.29, 1.82) is 0 Å². The molecule has 1 atom stereocenters. The van der Waals surface area contributed by atoms with E-state index in [-0.39, 0.29) is 16.9 Å². The normalized spacial score (nSPS) is 21.5. The number of hydrazine groups is 1. The van der Waals surface area contributed by atoms with E-state index in [9.17, 15) is 8.42 Å². The third kappa shape index (κ3) is 2.53. The number of nitrogens with zero attached hydrogens (tertiary/aromatic N) is 3. The number of anilines is 1. The van der Waals surface area contributed by atoms with Crippen LogP contribution in [-0.2, 0) is 14.8 Å². The fraction of sp³-hybridized carbons (Fsp3) is 0.545. The fourth-order valence-electron chi connectivity index (χ4n) is 2.40. The second-order valence-corrected chi connectivity index (χ2v) is 7.59. The Hall–Kier alpha value is -1.20. The van der Waals surface area contributed by atoms with Crippen LogP contribution in [-0.4, -0.2) is 47.9 Å². The lowest BCUT2D eigenvalue weighted by Gasteiger charge is -2.21. The molecule has 0 saturated carbocycles. The Bertz CT molecular complexity index is 738. The first-order valence-electron chi connectivity index (χ1n) is 6.58. The zero-order chi connectivity index (χ0) is 15.0. The summed E-state index contributed by atoms with van der Waals surface area (Å²) in [5.41, 5.74) is 2.38. The SMILES string of the molecule is CC1CN(S(=O)(=O)c2c(NN)nc3sccn23)CCCO1. The first-order valence-corrected chi connectivity index (χ1v) is 8.90. The summed E-state index contributed by atoms with van der Waals surface area (Å²) in [6.45, 7) is 3.18. The maximum Gasteiger partial charge on any atom is 0.263 e. The minimum absolute atomic E-state index is 0.0790. The highest BCUT2D eigenvalue weighted by molar-refractivity contribution is 7.89. The molecule has 1 unspecified atom stereocenters. The minimum atomic E-state index is -3.70. The Morgan fingerprint density at radius 1 is 1.57 bits per heavy atom. The van der Waals surface area contributed by atoms with Crippen LogP contribution < -0.4 is 11.3 Å². The summed E-state index contributed by atoms with van der Waals surface area (Å²) in [6.07, 6.45) is 2.21. The lowest BCUT2D eigenvalue weighted by molar-refractivity contribution is 0.0752. The maximum absolute atomic E-state index is 13.0. The van der Waals surface area contributed by atoms with Gasteiger partial charge in [-0.2, -0.15) is 9.29 Å². The second-order valence-electron chi connectivity index (χ2n) is 4.86. The molecular weight excluding hydrogens is 314 g/mol. The number of nitrogen functional groups attached to an aromatic ring is 1. The first kappa shape index (κ1) is 14.7. The van der Waals surface area contributed by atoms with Gasteiger partial charge in [0.1, 0.15) is 0 Å². The van der Waals surface area contributed by atoms with E-state index in [1.807, 2.05) is 6.92 Å². The Morgan fingerprint density at radius 2 is 2.38 bits per heavy atom. The van der Waals surface area contributed by atoms with Gasteiger partial charge in [0.25, 0.3) is 10.0 Å². The van der Waals surface area contributed by atoms with E-state index in [0.717, 1.165) is 0 Å². The number of thiazole rings is 1. The third-order valence-corrected chi connectivity index (χ3v) is 6.00. The highest BCUT2D eigenvalue weighted by atomic mass is 32.2. The van der Waals surface area contributed by atoms with E-state index < -0.39 is 10.0 Å². The quantitative estimate of drug-likeness (QED) is 0.626. The summed E-state index contributed by atoms with van der Waals surface area (Å²) in [5.74, 6) is 5.60. The van der Waals surface area contributed by atoms with Crippen LogP contribution in [0.5, 0.6) is 0 Å². The van der Waals surface area contributed by atoms with Crippen LogP contribution in [0.3, 0.4) is 0 Å². The van der Waals surface area contributed by atoms with Gasteiger partial charge in [0, 0.05) is 31.3 Å². The number of hydrogen-bond donors (Lipinski definition) is 2. The van der Waals surface area contributed by atoms with Crippen molar-refractivity contribution < 1.29 is 13.2 Å². The molecule has 2 aromatic heterocycles. The lowest BCUT2D eigenvalue weighted by atomic mass is 10.4. The number of sulfonamides is 1. The molecule has 1 fully saturated rings. The smallest absolute Gasteiger partial charge is 0.263 e. The lowest BCUT2D eigenvalue weighted by Crippen LogP contribution is -2.37. The molecule has 0 aliphatic carbocycles. The monoisotopic (exact) mass is 331 g/mol. The largest absolute Gasteiger partial charge is 0.377 e. The van der Waals surface area contributed by atoms with Gasteiger partial charge < -0.3 is 10.2 Å². The molecular formula is C11H17N5O3S2. The number of nitrogens with one attached hydrogen (secondary N) is 1. The van der Waals surface area contributed by atoms with Crippen molar-refractivity contribution in [3.8, 4) is 0 Å². The zero-order valence-corrected chi connectivity index (χ0v) is 13.2. The Kier molecular flexibility index (Phi) is 3.88. The number of hydrogen-bond acceptors (Lipinski definition) is 7. The molecule has 8 nitrogen and oxygen atoms in total. The molecule has 21 heavy (non-hydrogen) atoms. The van der Waals surface area contributed by atoms with Crippen molar-refractivity contribution in [2.75, 3.05) is 25.1 Å². The van der Waals surface area contributed by atoms with E-state index in [4.69, 9.17) is 10.6 Å². The van der Waals surface area contributed by atoms with Crippen LogP contribution in [0.1, 0.15) is 13.3 Å². The molecule has 3 N–H and O–H groups in total. The van der Waals surface area contributed by atoms with E-state index in [1.54, 1.807) is 16.0 Å². The highest BCUT2D eigenvalue weighted by Gasteiger charge is 2.33. The van der Waals surface area contributed by atoms with Gasteiger partial charge in [0.15, 0.2) is 10.8 Å². The molecule has 10 heteroatoms. The second kappa shape index (κ2) is 5.54. The predicted molar refractivity (Wildman–Crippen MR) is 79.7 cm³/mol. The summed E-state index contributed by atoms with van der Waals surface area (Å²) in [5, 5.41) is 1.87. The predicted octanol–water partition coefficient (Wildman–Crippen LogP) is 0.481. The number of nitrogens with two attached hydrogens (primary N) is 1. The zero-order valence-electron chi connectivity index (χ0n) is 11.5. The van der Waals surface area contributed by atoms with Crippen molar-refractivity contribution in [2.45, 2.75) is 24.5 Å². The maximum atomic E-state index is 13.0. The van der Waals surface area contributed by atoms with Crippen molar-refractivity contribution in [1.82, 2.24) is 13.7 Å². The number of imidazole rings is 1. The van der Waals surface area contributed by atoms with Crippen LogP contribution in [0.4, 0.5) is 5.82 Å². The van der Waals surface area contributed by atoms with E-state index in [1.165, 1.54) is 15.6 Å². The minimum Gasteiger partial charge on any atom is -0.377 e. The molecule has 0 aromatic carbocycles. The topological polar surface area (TPSA) is 102 Å². The average Bonchev–Trinajstić information content (AvgIpc) is 2.94. The fourth-order valence-corrected chi connectivity index (χ4v) is 4.94. The van der Waals surface area contributed by atoms with Gasteiger partial charge in [-0.05, 0) is 13.3 Å². The summed E-state index contributed by atoms with van der Waals surface area (Å²) in [6, 6.07) is 0. The molecule has 1 aliphatic rings. The number of rotatable bonds is 3. The molecule has 116 valence electrons. The summed E-state index contributed by atoms with van der Waals surface area (Å²) >= 11 is 1.35. The highest BCUT2D eigenvalue weighted by Crippen LogP contribution is 2.28. The van der Waals surface area contributed by atoms with Gasteiger partial charge in [-0.1, -0.05) is 0 Å². The van der Waals surface area contributed by atoms with Crippen LogP contribution >= 0.6 is 11.3 Å². The molecule has 3 rings (SSSR count). The molecule has 0 bridgehead atoms. The van der Waals surface area contributed by atoms with Crippen LogP contribution in [0, 0.1) is 0 Å². The molecule has 3 heterocycles. The molecule has 0 radical (unpaired) electrons. The van der Waals surface area contributed by atoms with Crippen LogP contribution in [0.15, 0.2) is 16.6 Å². The van der Waals surface area contributed by atoms with Gasteiger partial charge >= 0.3 is 0 Å². The molecule has 2 aromatic rings. The Labute approximate surface area is 126 Å². The van der Waals surface area contributed by atoms with Crippen LogP contribution in [0.2, 0.25) is 0 Å². The van der Waals surface area contributed by atoms with Crippen molar-refractivity contribution in [3.05, 3.63) is 11.6 Å². The van der Waals surface area contributed by atoms with Gasteiger partial charge in [-0.3, -0.25) is 4.40 Å². The molecule has 1 saturated heterocycles. The number of ether oxygens (including phenoxy) is 1. The average molecular weight is 331 g/mol. The van der Waals surface area contributed by atoms with Gasteiger partial charge in [-0.25, -0.2) is 14.3 Å². The summed E-state index contributed by atoms with van der Waals surface area (Å²) in [7, 11) is -3.70. The van der Waals surface area contributed by atoms with E-state index in [2.05, 4.69) is 10.4 Å². The van der Waals surface area contributed by atoms with Crippen LogP contribution in [0.25, 0.3) is 4.96 Å². The van der Waals surface area contributed by atoms with Gasteiger partial charge in [-0.15, -0.1) is 11.3 Å². The van der Waals surface area contributed by atoms with Gasteiger partial charge in [0.2, 0.25) is 5.03 Å². The summed E-state index contributed by atoms with van der Waals surface area (Å²) in [4.78, 5) is 4.79. The molecule has 1 aliphatic heterocycles. The number of fused-ring (bicyclic) bond motifs is 1. The molecule has 0 amide bonds. The summed E-state index contributed by atoms with van der Waals surface area (Å²) < 4.78 is 34.4. The van der Waals surface area contributed by atoms with Gasteiger partial charge in [0.05, 0.1) is 6.10 Å². The Balaban J connectivity index is 2.08. The van der Waals surface area contributed by atoms with Crippen molar-refractivity contribution >= 4 is 32.1 Å². The Morgan fingerprint density at radius 3 is 3.14 bits per heavy atom. The molecule has 0 spiro atoms. The first-order chi connectivity index (χ1) is 10.0. The van der Waals surface area contributed by atoms with Crippen molar-refractivity contribution in [2.24, 2.45) is 5.84 Å². The number of aromatic nitrogens is 2. The standard InChI is InChI=1S/C11H17N5O3S2/c1-8-7-15(3-2-5-19-8)21(17,18)10-9(14-12)13-11-16(10)4-6-20-11/h4,6,8,14H,2-3,5,7,12H2,1H3. The third-order valence-electron chi connectivity index (χ3n) is 3.35. The van der Waals surface area contributed by atoms with E-state index >= 15 is 0 Å². The van der Waals surface area contributed by atoms with Crippen molar-refractivity contribution in [3.63, 3.8) is 0 Å².